The van der Waals surface area contributed by atoms with E-state index in [2.05, 4.69) is 20.0 Å². The molecule has 4 rings (SSSR count). The zero-order chi connectivity index (χ0) is 24.8. The lowest BCUT2D eigenvalue weighted by molar-refractivity contribution is -0.149. The third-order valence-electron chi connectivity index (χ3n) is 5.38. The molecular formula is C19H29N6O8P. The van der Waals surface area contributed by atoms with Crippen molar-refractivity contribution < 1.29 is 37.7 Å². The third-order valence-corrected chi connectivity index (χ3v) is 7.07. The van der Waals surface area contributed by atoms with Crippen LogP contribution in [0.15, 0.2) is 6.33 Å². The minimum absolute atomic E-state index is 0.0386. The molecule has 2 aromatic heterocycles. The van der Waals surface area contributed by atoms with Crippen molar-refractivity contribution in [3.05, 3.63) is 6.33 Å². The Hall–Kier alpha value is -2.35. The largest absolute Gasteiger partial charge is 0.476 e. The molecule has 2 saturated heterocycles. The van der Waals surface area contributed by atoms with Gasteiger partial charge in [-0.1, -0.05) is 0 Å². The smallest absolute Gasteiger partial charge is 0.406 e. The first-order chi connectivity index (χ1) is 15.9. The number of nitrogen functional groups attached to an aromatic ring is 1. The Morgan fingerprint density at radius 2 is 2.18 bits per heavy atom. The fourth-order valence-corrected chi connectivity index (χ4v) is 5.67. The maximum Gasteiger partial charge on any atom is 0.406 e. The Bertz CT molecular complexity index is 1120. The molecule has 2 aromatic rings. The fraction of sp³-hybridized carbons (Fsp3) is 0.684. The highest BCUT2D eigenvalue weighted by atomic mass is 31.2. The number of carbonyl (C=O) groups is 1. The van der Waals surface area contributed by atoms with Gasteiger partial charge in [-0.15, -0.1) is 0 Å². The van der Waals surface area contributed by atoms with Gasteiger partial charge in [-0.2, -0.15) is 9.97 Å². The molecule has 4 heterocycles. The lowest BCUT2D eigenvalue weighted by Gasteiger charge is -2.36. The van der Waals surface area contributed by atoms with E-state index in [1.165, 1.54) is 24.7 Å². The van der Waals surface area contributed by atoms with Crippen LogP contribution in [-0.2, 0) is 27.9 Å². The first-order valence-corrected chi connectivity index (χ1v) is 12.4. The molecule has 15 heteroatoms. The highest BCUT2D eigenvalue weighted by Gasteiger charge is 2.60. The molecule has 6 atom stereocenters. The number of hydrogen-bond acceptors (Lipinski definition) is 12. The summed E-state index contributed by atoms with van der Waals surface area (Å²) >= 11 is 0. The van der Waals surface area contributed by atoms with Gasteiger partial charge in [0.1, 0.15) is 23.9 Å². The number of ether oxygens (including phenoxy) is 3. The zero-order valence-corrected chi connectivity index (χ0v) is 20.4. The molecule has 0 aromatic carbocycles. The number of imidazole rings is 1. The Labute approximate surface area is 195 Å². The predicted molar refractivity (Wildman–Crippen MR) is 118 cm³/mol. The second kappa shape index (κ2) is 9.02. The van der Waals surface area contributed by atoms with Crippen LogP contribution in [0.1, 0.15) is 40.8 Å². The van der Waals surface area contributed by atoms with Crippen LogP contribution in [-0.4, -0.2) is 73.8 Å². The molecule has 2 fully saturated rings. The minimum Gasteiger partial charge on any atom is -0.476 e. The summed E-state index contributed by atoms with van der Waals surface area (Å²) in [6.45, 7) is 8.35. The zero-order valence-electron chi connectivity index (χ0n) is 19.5. The number of carbonyl (C=O) groups excluding carboxylic acids is 1. The number of fused-ring (bicyclic) bond motifs is 2. The summed E-state index contributed by atoms with van der Waals surface area (Å²) in [7, 11) is -3.97. The molecule has 2 aliphatic heterocycles. The number of nitrogens with one attached hydrogen (secondary N) is 1. The van der Waals surface area contributed by atoms with E-state index in [1.54, 1.807) is 20.8 Å². The number of rotatable bonds is 7. The summed E-state index contributed by atoms with van der Waals surface area (Å²) in [5.41, 5.74) is 4.76. The first kappa shape index (κ1) is 24.8. The minimum atomic E-state index is -3.97. The van der Waals surface area contributed by atoms with E-state index >= 15 is 0 Å². The molecule has 0 bridgehead atoms. The van der Waals surface area contributed by atoms with Gasteiger partial charge >= 0.3 is 13.7 Å². The second-order valence-electron chi connectivity index (χ2n) is 8.55. The van der Waals surface area contributed by atoms with Crippen molar-refractivity contribution in [1.82, 2.24) is 24.6 Å². The van der Waals surface area contributed by atoms with Gasteiger partial charge in [0.05, 0.1) is 25.6 Å². The van der Waals surface area contributed by atoms with Gasteiger partial charge in [0.25, 0.3) is 0 Å². The van der Waals surface area contributed by atoms with Crippen molar-refractivity contribution >= 4 is 30.8 Å². The summed E-state index contributed by atoms with van der Waals surface area (Å²) in [4.78, 5) is 24.7. The average molecular weight is 500 g/mol. The van der Waals surface area contributed by atoms with Crippen molar-refractivity contribution in [2.24, 2.45) is 0 Å². The maximum atomic E-state index is 13.2. The van der Waals surface area contributed by atoms with E-state index in [0.29, 0.717) is 12.1 Å². The summed E-state index contributed by atoms with van der Waals surface area (Å²) in [6, 6.07) is -0.970. The van der Waals surface area contributed by atoms with Crippen molar-refractivity contribution in [2.75, 3.05) is 18.9 Å². The average Bonchev–Trinajstić information content (AvgIpc) is 3.25. The topological polar surface area (TPSA) is 182 Å². The molecule has 188 valence electrons. The molecule has 0 aliphatic carbocycles. The van der Waals surface area contributed by atoms with Crippen molar-refractivity contribution in [1.29, 1.82) is 0 Å². The van der Waals surface area contributed by atoms with E-state index in [1.807, 2.05) is 0 Å². The number of anilines is 1. The summed E-state index contributed by atoms with van der Waals surface area (Å²) < 4.78 is 42.4. The Kier molecular flexibility index (Phi) is 6.57. The van der Waals surface area contributed by atoms with Crippen LogP contribution in [0.4, 0.5) is 5.95 Å². The van der Waals surface area contributed by atoms with Gasteiger partial charge in [-0.3, -0.25) is 18.4 Å². The predicted octanol–water partition coefficient (Wildman–Crippen LogP) is 0.909. The fourth-order valence-electron chi connectivity index (χ4n) is 3.90. The van der Waals surface area contributed by atoms with E-state index in [-0.39, 0.29) is 30.2 Å². The number of aromatic nitrogens is 4. The molecule has 0 amide bonds. The molecular weight excluding hydrogens is 471 g/mol. The number of nitrogens with two attached hydrogens (primary N) is 1. The Balaban J connectivity index is 1.58. The lowest BCUT2D eigenvalue weighted by atomic mass is 9.96. The van der Waals surface area contributed by atoms with Crippen LogP contribution in [0, 0.1) is 0 Å². The van der Waals surface area contributed by atoms with Crippen LogP contribution >= 0.6 is 7.75 Å². The summed E-state index contributed by atoms with van der Waals surface area (Å²) in [5.74, 6) is -0.447. The third kappa shape index (κ3) is 4.49. The van der Waals surface area contributed by atoms with E-state index in [0.717, 1.165) is 0 Å². The van der Waals surface area contributed by atoms with Gasteiger partial charge in [-0.25, -0.2) is 14.6 Å². The normalized spacial score (nSPS) is 32.0. The monoisotopic (exact) mass is 500 g/mol. The van der Waals surface area contributed by atoms with Gasteiger partial charge < -0.3 is 25.1 Å². The van der Waals surface area contributed by atoms with Crippen LogP contribution < -0.4 is 15.6 Å². The van der Waals surface area contributed by atoms with Gasteiger partial charge in [0.15, 0.2) is 17.4 Å². The van der Waals surface area contributed by atoms with Crippen LogP contribution in [0.3, 0.4) is 0 Å². The molecule has 0 radical (unpaired) electrons. The van der Waals surface area contributed by atoms with Crippen LogP contribution in [0.2, 0.25) is 0 Å². The van der Waals surface area contributed by atoms with Crippen LogP contribution in [0.25, 0.3) is 11.2 Å². The quantitative estimate of drug-likeness (QED) is 0.360. The number of aliphatic hydroxyl groups is 1. The molecule has 2 aliphatic rings. The molecule has 14 nitrogen and oxygen atoms in total. The number of esters is 1. The molecule has 0 saturated carbocycles. The standard InChI is InChI=1S/C19H29N6O8P/c1-6-29-15-12-14(22-18(20)23-15)25(8-21-12)17-19(5,27)13-11(32-17)7-30-34(28,33-13)24-10(4)16(26)31-9(2)3/h8-11,13,17,27H,6-7H2,1-5H3,(H,24,28)(H2,20,22,23)/t10-,11+,13+,17+,19+,34-/m0/s1. The highest BCUT2D eigenvalue weighted by molar-refractivity contribution is 7.51. The number of nitrogens with zero attached hydrogens (tertiary/aromatic N) is 4. The molecule has 34 heavy (non-hydrogen) atoms. The summed E-state index contributed by atoms with van der Waals surface area (Å²) in [6.07, 6.45) is -1.77. The number of hydrogen-bond donors (Lipinski definition) is 3. The SMILES string of the molecule is CCOc1nc(N)nc2c1ncn2[C@@H]1O[C@@H]2CO[P@@](=O)(N[C@@H](C)C(=O)OC(C)C)O[C@H]2[C@@]1(C)O. The molecule has 0 spiro atoms. The van der Waals surface area contributed by atoms with E-state index < -0.39 is 43.8 Å². The second-order valence-corrected chi connectivity index (χ2v) is 10.3. The molecule has 0 unspecified atom stereocenters. The van der Waals surface area contributed by atoms with Gasteiger partial charge in [0, 0.05) is 0 Å². The van der Waals surface area contributed by atoms with Crippen LogP contribution in [0.5, 0.6) is 5.88 Å². The maximum absolute atomic E-state index is 13.2. The van der Waals surface area contributed by atoms with Crippen molar-refractivity contribution in [2.45, 2.75) is 70.8 Å². The van der Waals surface area contributed by atoms with Crippen molar-refractivity contribution in [3.63, 3.8) is 0 Å². The van der Waals surface area contributed by atoms with E-state index in [9.17, 15) is 14.5 Å². The first-order valence-electron chi connectivity index (χ1n) is 10.9. The summed E-state index contributed by atoms with van der Waals surface area (Å²) in [5, 5.41) is 14.0. The Morgan fingerprint density at radius 1 is 1.44 bits per heavy atom. The molecule has 4 N–H and O–H groups in total. The van der Waals surface area contributed by atoms with Gasteiger partial charge in [-0.05, 0) is 34.6 Å². The Morgan fingerprint density at radius 3 is 2.85 bits per heavy atom. The van der Waals surface area contributed by atoms with E-state index in [4.69, 9.17) is 29.0 Å². The van der Waals surface area contributed by atoms with Gasteiger partial charge in [0.2, 0.25) is 11.8 Å². The highest BCUT2D eigenvalue weighted by Crippen LogP contribution is 2.56. The lowest BCUT2D eigenvalue weighted by Crippen LogP contribution is -2.49. The van der Waals surface area contributed by atoms with Crippen molar-refractivity contribution in [3.8, 4) is 5.88 Å².